The Kier molecular flexibility index (Phi) is 4.71. The monoisotopic (exact) mass is 258 g/mol. The summed E-state index contributed by atoms with van der Waals surface area (Å²) in [6, 6.07) is 9.17. The van der Waals surface area contributed by atoms with Gasteiger partial charge in [-0.2, -0.15) is 0 Å². The molecule has 1 aliphatic rings. The molecule has 1 aromatic carbocycles. The lowest BCUT2D eigenvalue weighted by Crippen LogP contribution is -2.20. The van der Waals surface area contributed by atoms with Gasteiger partial charge < -0.3 is 0 Å². The summed E-state index contributed by atoms with van der Waals surface area (Å²) in [5.41, 5.74) is 3.22. The van der Waals surface area contributed by atoms with E-state index in [1.807, 2.05) is 0 Å². The maximum Gasteiger partial charge on any atom is -0.0128 e. The molecule has 0 radical (unpaired) electrons. The van der Waals surface area contributed by atoms with Gasteiger partial charge in [0.1, 0.15) is 0 Å². The molecule has 0 heteroatoms. The van der Waals surface area contributed by atoms with Crippen LogP contribution in [-0.4, -0.2) is 0 Å². The Bertz CT molecular complexity index is 402. The number of benzene rings is 1. The van der Waals surface area contributed by atoms with E-state index < -0.39 is 0 Å². The summed E-state index contributed by atoms with van der Waals surface area (Å²) >= 11 is 0. The zero-order valence-electron chi connectivity index (χ0n) is 13.3. The number of hydrogen-bond donors (Lipinski definition) is 0. The molecule has 19 heavy (non-hydrogen) atoms. The van der Waals surface area contributed by atoms with Crippen molar-refractivity contribution >= 4 is 0 Å². The third kappa shape index (κ3) is 3.04. The molecule has 1 fully saturated rings. The van der Waals surface area contributed by atoms with Crippen molar-refractivity contribution in [2.24, 2.45) is 17.8 Å². The van der Waals surface area contributed by atoms with E-state index >= 15 is 0 Å². The van der Waals surface area contributed by atoms with E-state index in [-0.39, 0.29) is 0 Å². The topological polar surface area (TPSA) is 0 Å². The molecule has 0 saturated heterocycles. The predicted molar refractivity (Wildman–Crippen MR) is 84.6 cm³/mol. The van der Waals surface area contributed by atoms with Gasteiger partial charge in [0.25, 0.3) is 0 Å². The van der Waals surface area contributed by atoms with Crippen LogP contribution in [0.2, 0.25) is 0 Å². The van der Waals surface area contributed by atoms with Crippen LogP contribution in [0.25, 0.3) is 0 Å². The molecule has 2 rings (SSSR count). The first kappa shape index (κ1) is 14.6. The van der Waals surface area contributed by atoms with Crippen molar-refractivity contribution in [3.63, 3.8) is 0 Å². The van der Waals surface area contributed by atoms with E-state index in [2.05, 4.69) is 58.9 Å². The summed E-state index contributed by atoms with van der Waals surface area (Å²) in [7, 11) is 0. The van der Waals surface area contributed by atoms with Crippen molar-refractivity contribution in [2.45, 2.75) is 65.7 Å². The minimum absolute atomic E-state index is 0.645. The molecule has 0 nitrogen and oxygen atoms in total. The highest BCUT2D eigenvalue weighted by atomic mass is 14.4. The smallest absolute Gasteiger partial charge is 0.0128 e. The van der Waals surface area contributed by atoms with Gasteiger partial charge in [0.05, 0.1) is 0 Å². The first-order chi connectivity index (χ1) is 9.02. The summed E-state index contributed by atoms with van der Waals surface area (Å²) in [4.78, 5) is 0. The van der Waals surface area contributed by atoms with E-state index in [4.69, 9.17) is 0 Å². The van der Waals surface area contributed by atoms with E-state index in [0.29, 0.717) is 5.92 Å². The number of rotatable bonds is 4. The molecule has 0 aliphatic heterocycles. The van der Waals surface area contributed by atoms with Gasteiger partial charge in [-0.15, -0.1) is 0 Å². The summed E-state index contributed by atoms with van der Waals surface area (Å²) in [5, 5.41) is 0. The van der Waals surface area contributed by atoms with E-state index in [1.54, 1.807) is 11.1 Å². The Balaban J connectivity index is 2.30. The summed E-state index contributed by atoms with van der Waals surface area (Å²) in [5.74, 6) is 3.98. The first-order valence-electron chi connectivity index (χ1n) is 8.11. The van der Waals surface area contributed by atoms with E-state index in [1.165, 1.54) is 19.3 Å². The fourth-order valence-electron chi connectivity index (χ4n) is 3.87. The summed E-state index contributed by atoms with van der Waals surface area (Å²) in [6.45, 7) is 11.9. The molecule has 0 heterocycles. The van der Waals surface area contributed by atoms with Crippen molar-refractivity contribution in [3.05, 3.63) is 35.4 Å². The molecule has 1 aromatic rings. The van der Waals surface area contributed by atoms with Gasteiger partial charge >= 0.3 is 0 Å². The normalized spacial score (nSPS) is 25.2. The lowest BCUT2D eigenvalue weighted by Gasteiger charge is -2.30. The molecule has 1 saturated carbocycles. The molecule has 0 amide bonds. The minimum atomic E-state index is 0.645. The van der Waals surface area contributed by atoms with Gasteiger partial charge in [-0.3, -0.25) is 0 Å². The lowest BCUT2D eigenvalue weighted by atomic mass is 9.74. The van der Waals surface area contributed by atoms with Gasteiger partial charge in [-0.05, 0) is 53.6 Å². The molecule has 0 aromatic heterocycles. The van der Waals surface area contributed by atoms with Gasteiger partial charge in [0.2, 0.25) is 0 Å². The lowest BCUT2D eigenvalue weighted by molar-refractivity contribution is 0.259. The van der Waals surface area contributed by atoms with Crippen LogP contribution in [0.5, 0.6) is 0 Å². The van der Waals surface area contributed by atoms with E-state index in [0.717, 1.165) is 23.7 Å². The highest BCUT2D eigenvalue weighted by Gasteiger charge is 2.34. The summed E-state index contributed by atoms with van der Waals surface area (Å²) in [6.07, 6.45) is 4.24. The third-order valence-electron chi connectivity index (χ3n) is 5.31. The highest BCUT2D eigenvalue weighted by molar-refractivity contribution is 5.34. The predicted octanol–water partition coefficient (Wildman–Crippen LogP) is 5.99. The second-order valence-corrected chi connectivity index (χ2v) is 7.09. The molecular weight excluding hydrogens is 228 g/mol. The molecule has 106 valence electrons. The fraction of sp³-hybridized carbons (Fsp3) is 0.684. The number of hydrogen-bond acceptors (Lipinski definition) is 0. The quantitative estimate of drug-likeness (QED) is 0.622. The molecule has 3 unspecified atom stereocenters. The Hall–Kier alpha value is -0.780. The third-order valence-corrected chi connectivity index (χ3v) is 5.31. The maximum atomic E-state index is 2.46. The maximum absolute atomic E-state index is 2.46. The summed E-state index contributed by atoms with van der Waals surface area (Å²) < 4.78 is 0. The largest absolute Gasteiger partial charge is 0.0625 e. The van der Waals surface area contributed by atoms with Crippen LogP contribution < -0.4 is 0 Å². The molecule has 3 atom stereocenters. The standard InChI is InChI=1S/C19H30/c1-13(2)15(5)17-11-8-12-19(17)18-10-7-6-9-16(18)14(3)4/h6-7,9-10,13-15,17,19H,8,11-12H2,1-5H3. The minimum Gasteiger partial charge on any atom is -0.0625 e. The Morgan fingerprint density at radius 2 is 1.63 bits per heavy atom. The molecule has 1 aliphatic carbocycles. The van der Waals surface area contributed by atoms with Crippen molar-refractivity contribution in [1.82, 2.24) is 0 Å². The second kappa shape index (κ2) is 6.11. The van der Waals surface area contributed by atoms with Gasteiger partial charge in [-0.25, -0.2) is 0 Å². The Morgan fingerprint density at radius 1 is 0.947 bits per heavy atom. The zero-order chi connectivity index (χ0) is 14.0. The average Bonchev–Trinajstić information content (AvgIpc) is 2.86. The molecule has 0 N–H and O–H groups in total. The highest BCUT2D eigenvalue weighted by Crippen LogP contribution is 2.47. The zero-order valence-corrected chi connectivity index (χ0v) is 13.3. The van der Waals surface area contributed by atoms with Gasteiger partial charge in [0, 0.05) is 0 Å². The molecule has 0 bridgehead atoms. The Labute approximate surface area is 119 Å². The Morgan fingerprint density at radius 3 is 2.26 bits per heavy atom. The van der Waals surface area contributed by atoms with Crippen LogP contribution in [0.3, 0.4) is 0 Å². The fourth-order valence-corrected chi connectivity index (χ4v) is 3.87. The van der Waals surface area contributed by atoms with Crippen molar-refractivity contribution < 1.29 is 0 Å². The average molecular weight is 258 g/mol. The second-order valence-electron chi connectivity index (χ2n) is 7.09. The van der Waals surface area contributed by atoms with Crippen molar-refractivity contribution in [2.75, 3.05) is 0 Å². The SMILES string of the molecule is CC(C)c1ccccc1C1CCCC1C(C)C(C)C. The first-order valence-corrected chi connectivity index (χ1v) is 8.11. The van der Waals surface area contributed by atoms with Crippen LogP contribution in [-0.2, 0) is 0 Å². The van der Waals surface area contributed by atoms with Crippen LogP contribution in [0.1, 0.15) is 76.8 Å². The van der Waals surface area contributed by atoms with Crippen LogP contribution in [0.15, 0.2) is 24.3 Å². The van der Waals surface area contributed by atoms with Crippen LogP contribution in [0, 0.1) is 17.8 Å². The van der Waals surface area contributed by atoms with Crippen LogP contribution >= 0.6 is 0 Å². The van der Waals surface area contributed by atoms with Crippen molar-refractivity contribution in [1.29, 1.82) is 0 Å². The van der Waals surface area contributed by atoms with E-state index in [9.17, 15) is 0 Å². The van der Waals surface area contributed by atoms with Gasteiger partial charge in [0.15, 0.2) is 0 Å². The van der Waals surface area contributed by atoms with Crippen LogP contribution in [0.4, 0.5) is 0 Å². The van der Waals surface area contributed by atoms with Crippen molar-refractivity contribution in [3.8, 4) is 0 Å². The van der Waals surface area contributed by atoms with Gasteiger partial charge in [-0.1, -0.05) is 65.3 Å². The molecule has 0 spiro atoms. The molecular formula is C19H30.